The van der Waals surface area contributed by atoms with Gasteiger partial charge in [0.05, 0.1) is 24.6 Å². The second-order valence-corrected chi connectivity index (χ2v) is 11.2. The number of alkyl halides is 3. The molecule has 2 unspecified atom stereocenters. The van der Waals surface area contributed by atoms with Crippen LogP contribution in [-0.4, -0.2) is 35.3 Å². The highest BCUT2D eigenvalue weighted by atomic mass is 19.4. The maximum Gasteiger partial charge on any atom is 0.416 e. The van der Waals surface area contributed by atoms with Crippen LogP contribution in [0.2, 0.25) is 0 Å². The van der Waals surface area contributed by atoms with Crippen molar-refractivity contribution in [1.29, 1.82) is 0 Å². The first-order valence-corrected chi connectivity index (χ1v) is 14.4. The maximum atomic E-state index is 15.8. The Bertz CT molecular complexity index is 1940. The summed E-state index contributed by atoms with van der Waals surface area (Å²) in [6.45, 7) is 3.06. The molecule has 0 saturated carbocycles. The van der Waals surface area contributed by atoms with Gasteiger partial charge in [-0.25, -0.2) is 8.78 Å². The number of carbonyl (C=O) groups excluding carboxylic acids is 1. The highest BCUT2D eigenvalue weighted by molar-refractivity contribution is 5.85. The summed E-state index contributed by atoms with van der Waals surface area (Å²) >= 11 is 0. The number of pyridine rings is 1. The van der Waals surface area contributed by atoms with Gasteiger partial charge in [-0.1, -0.05) is 12.1 Å². The van der Waals surface area contributed by atoms with Gasteiger partial charge in [-0.05, 0) is 78.9 Å². The first-order valence-electron chi connectivity index (χ1n) is 14.4. The van der Waals surface area contributed by atoms with Gasteiger partial charge in [0.15, 0.2) is 0 Å². The molecule has 0 spiro atoms. The first kappa shape index (κ1) is 33.3. The smallest absolute Gasteiger partial charge is 0.416 e. The number of benzene rings is 3. The molecule has 1 amide bonds. The third-order valence-corrected chi connectivity index (χ3v) is 7.94. The molecule has 1 aromatic heterocycles. The lowest BCUT2D eigenvalue weighted by molar-refractivity contribution is -0.139. The van der Waals surface area contributed by atoms with Crippen molar-refractivity contribution in [2.75, 3.05) is 13.7 Å². The third-order valence-electron chi connectivity index (χ3n) is 7.94. The summed E-state index contributed by atoms with van der Waals surface area (Å²) < 4.78 is 85.0. The number of carboxylic acid groups (broad SMARTS) is 1. The van der Waals surface area contributed by atoms with Gasteiger partial charge in [-0.15, -0.1) is 0 Å². The number of aliphatic carboxylic acids is 1. The van der Waals surface area contributed by atoms with Crippen LogP contribution in [0, 0.1) is 25.5 Å². The van der Waals surface area contributed by atoms with Gasteiger partial charge >= 0.3 is 12.1 Å². The van der Waals surface area contributed by atoms with Crippen molar-refractivity contribution in [2.45, 2.75) is 44.9 Å². The molecule has 2 N–H and O–H groups in total. The van der Waals surface area contributed by atoms with Crippen molar-refractivity contribution in [3.63, 3.8) is 0 Å². The number of nitrogens with zero attached hydrogens (tertiary/aromatic N) is 1. The van der Waals surface area contributed by atoms with Crippen LogP contribution in [0.4, 0.5) is 22.0 Å². The maximum absolute atomic E-state index is 15.8. The Morgan fingerprint density at radius 2 is 1.77 bits per heavy atom. The summed E-state index contributed by atoms with van der Waals surface area (Å²) in [6, 6.07) is 8.16. The van der Waals surface area contributed by atoms with Crippen molar-refractivity contribution in [2.24, 2.45) is 0 Å². The summed E-state index contributed by atoms with van der Waals surface area (Å²) in [6.07, 6.45) is -5.28. The van der Waals surface area contributed by atoms with Gasteiger partial charge in [0.2, 0.25) is 5.91 Å². The normalized spacial score (nSPS) is 16.2. The third kappa shape index (κ3) is 6.75. The number of methoxy groups -OCH3 is 1. The average molecular weight is 657 g/mol. The van der Waals surface area contributed by atoms with Gasteiger partial charge in [-0.3, -0.25) is 19.0 Å². The fourth-order valence-corrected chi connectivity index (χ4v) is 5.76. The van der Waals surface area contributed by atoms with Crippen LogP contribution in [0.5, 0.6) is 11.5 Å². The number of ether oxygens (including phenoxy) is 2. The van der Waals surface area contributed by atoms with Crippen molar-refractivity contribution < 1.29 is 46.1 Å². The Balaban J connectivity index is 1.82. The molecule has 0 aliphatic carbocycles. The number of hydrogen-bond acceptors (Lipinski definition) is 5. The number of amides is 1. The molecule has 1 aliphatic heterocycles. The predicted molar refractivity (Wildman–Crippen MR) is 160 cm³/mol. The topological polar surface area (TPSA) is 107 Å². The lowest BCUT2D eigenvalue weighted by Gasteiger charge is -2.26. The lowest BCUT2D eigenvalue weighted by atomic mass is 9.92. The minimum atomic E-state index is -4.94. The zero-order valence-electron chi connectivity index (χ0n) is 25.4. The van der Waals surface area contributed by atoms with Crippen LogP contribution in [-0.2, 0) is 26.9 Å². The van der Waals surface area contributed by atoms with Crippen molar-refractivity contribution in [1.82, 2.24) is 9.88 Å². The van der Waals surface area contributed by atoms with Gasteiger partial charge in [0.1, 0.15) is 29.2 Å². The minimum Gasteiger partial charge on any atom is -0.481 e. The predicted octanol–water partition coefficient (Wildman–Crippen LogP) is 6.65. The molecule has 8 nitrogen and oxygen atoms in total. The van der Waals surface area contributed by atoms with Crippen LogP contribution >= 0.6 is 0 Å². The Hall–Kier alpha value is -5.04. The number of nitrogens with one attached hydrogen (secondary N) is 1. The summed E-state index contributed by atoms with van der Waals surface area (Å²) in [4.78, 5) is 39.5. The van der Waals surface area contributed by atoms with E-state index in [1.165, 1.54) is 32.2 Å². The molecule has 1 aliphatic rings. The molecular weight excluding hydrogens is 627 g/mol. The number of fused-ring (bicyclic) bond motifs is 6. The van der Waals surface area contributed by atoms with Crippen LogP contribution in [0.15, 0.2) is 65.6 Å². The number of carbonyl (C=O) groups is 2. The molecular formula is C34H29F5N2O6. The summed E-state index contributed by atoms with van der Waals surface area (Å²) in [7, 11) is 1.27. The van der Waals surface area contributed by atoms with E-state index >= 15 is 8.78 Å². The molecule has 2 atom stereocenters. The number of aryl methyl sites for hydroxylation is 2. The molecule has 5 rings (SSSR count). The van der Waals surface area contributed by atoms with E-state index in [0.29, 0.717) is 27.3 Å². The Kier molecular flexibility index (Phi) is 9.21. The fourth-order valence-electron chi connectivity index (χ4n) is 5.76. The summed E-state index contributed by atoms with van der Waals surface area (Å²) in [5, 5.41) is 12.2. The molecule has 13 heteroatoms. The van der Waals surface area contributed by atoms with Gasteiger partial charge in [0, 0.05) is 36.1 Å². The first-order chi connectivity index (χ1) is 22.2. The summed E-state index contributed by atoms with van der Waals surface area (Å²) in [5.74, 6) is -4.14. The fraction of sp³-hybridized carbons (Fsp3) is 0.265. The van der Waals surface area contributed by atoms with E-state index < -0.39 is 70.4 Å². The molecule has 0 fully saturated rings. The van der Waals surface area contributed by atoms with E-state index in [4.69, 9.17) is 9.47 Å². The lowest BCUT2D eigenvalue weighted by Crippen LogP contribution is -2.41. The Morgan fingerprint density at radius 1 is 1.02 bits per heavy atom. The molecule has 4 bridgehead atoms. The zero-order chi connectivity index (χ0) is 34.2. The van der Waals surface area contributed by atoms with E-state index in [2.05, 4.69) is 5.32 Å². The molecule has 0 radical (unpaired) electrons. The van der Waals surface area contributed by atoms with Crippen molar-refractivity contribution in [3.05, 3.63) is 116 Å². The number of halogens is 5. The quantitative estimate of drug-likeness (QED) is 0.225. The van der Waals surface area contributed by atoms with Crippen LogP contribution in [0.25, 0.3) is 11.1 Å². The van der Waals surface area contributed by atoms with E-state index in [1.54, 1.807) is 25.1 Å². The SMILES string of the molecule is COCCc1cn(C2C(=O)NC(CC(=O)O)c3cc(cc(C)c3F)-c3c(C)cccc3Oc3ccc(F)c2c3)c(=O)cc1C(F)(F)F. The molecule has 0 saturated heterocycles. The number of aromatic nitrogens is 1. The molecule has 47 heavy (non-hydrogen) atoms. The number of rotatable bonds is 6. The van der Waals surface area contributed by atoms with E-state index in [-0.39, 0.29) is 35.7 Å². The van der Waals surface area contributed by atoms with Gasteiger partial charge in [0.25, 0.3) is 5.56 Å². The molecule has 2 heterocycles. The highest BCUT2D eigenvalue weighted by Gasteiger charge is 2.37. The molecule has 4 aromatic rings. The summed E-state index contributed by atoms with van der Waals surface area (Å²) in [5.41, 5.74) is -1.87. The Labute approximate surface area is 265 Å². The minimum absolute atomic E-state index is 0.0195. The van der Waals surface area contributed by atoms with E-state index in [9.17, 15) is 32.7 Å². The second kappa shape index (κ2) is 13.0. The monoisotopic (exact) mass is 656 g/mol. The van der Waals surface area contributed by atoms with Gasteiger partial charge < -0.3 is 19.9 Å². The van der Waals surface area contributed by atoms with E-state index in [1.807, 2.05) is 0 Å². The molecule has 3 aromatic carbocycles. The zero-order valence-corrected chi connectivity index (χ0v) is 25.4. The van der Waals surface area contributed by atoms with Crippen LogP contribution in [0.3, 0.4) is 0 Å². The van der Waals surface area contributed by atoms with E-state index in [0.717, 1.165) is 18.3 Å². The van der Waals surface area contributed by atoms with Crippen molar-refractivity contribution >= 4 is 11.9 Å². The van der Waals surface area contributed by atoms with Crippen LogP contribution in [0.1, 0.15) is 51.9 Å². The van der Waals surface area contributed by atoms with Crippen molar-refractivity contribution in [3.8, 4) is 22.6 Å². The number of hydrogen-bond donors (Lipinski definition) is 2. The Morgan fingerprint density at radius 3 is 2.45 bits per heavy atom. The van der Waals surface area contributed by atoms with Crippen LogP contribution < -0.4 is 15.6 Å². The number of carboxylic acids is 1. The van der Waals surface area contributed by atoms with Gasteiger partial charge in [-0.2, -0.15) is 13.2 Å². The standard InChI is InChI=1S/C34H29F5N2O6/c1-17-5-4-6-27-30(17)20-11-18(2)31(36)23(12-20)26(15-29(43)44)40-33(45)32(22-13-21(47-27)7-8-25(22)35)41-16-19(9-10-46-3)24(14-28(41)42)34(37,38)39/h4-8,11-14,16,26,32H,9-10,15H2,1-3H3,(H,40,45)(H,43,44). The second-order valence-electron chi connectivity index (χ2n) is 11.2. The highest BCUT2D eigenvalue weighted by Crippen LogP contribution is 2.40. The molecule has 246 valence electrons. The largest absolute Gasteiger partial charge is 0.481 e. The average Bonchev–Trinajstić information content (AvgIpc) is 2.99.